The highest BCUT2D eigenvalue weighted by Gasteiger charge is 2.15. The number of esters is 1. The summed E-state index contributed by atoms with van der Waals surface area (Å²) in [5.74, 6) is 0.000908. The lowest BCUT2D eigenvalue weighted by Gasteiger charge is -2.03. The van der Waals surface area contributed by atoms with E-state index >= 15 is 0 Å². The van der Waals surface area contributed by atoms with Gasteiger partial charge in [0.15, 0.2) is 11.5 Å². The molecule has 100 valence electrons. The van der Waals surface area contributed by atoms with E-state index in [2.05, 4.69) is 9.72 Å². The molecule has 0 radical (unpaired) electrons. The molecule has 0 bridgehead atoms. The molecule has 2 aromatic heterocycles. The molecule has 3 rings (SSSR count). The van der Waals surface area contributed by atoms with E-state index in [0.717, 1.165) is 11.0 Å². The number of para-hydroxylation sites is 1. The maximum Gasteiger partial charge on any atom is 0.358 e. The van der Waals surface area contributed by atoms with Gasteiger partial charge in [-0.2, -0.15) is 0 Å². The molecule has 20 heavy (non-hydrogen) atoms. The number of ether oxygens (including phenoxy) is 1. The number of rotatable bonds is 2. The average molecular weight is 288 g/mol. The lowest BCUT2D eigenvalue weighted by atomic mass is 10.2. The predicted molar refractivity (Wildman–Crippen MR) is 75.8 cm³/mol. The molecule has 0 unspecified atom stereocenters. The first-order valence-corrected chi connectivity index (χ1v) is 6.30. The van der Waals surface area contributed by atoms with Crippen LogP contribution in [-0.4, -0.2) is 18.1 Å². The highest BCUT2D eigenvalue weighted by atomic mass is 35.5. The topological polar surface area (TPSA) is 52.3 Å². The minimum Gasteiger partial charge on any atom is -0.464 e. The number of furan rings is 1. The van der Waals surface area contributed by atoms with Crippen molar-refractivity contribution in [2.24, 2.45) is 0 Å². The number of hydrogen-bond donors (Lipinski definition) is 0. The summed E-state index contributed by atoms with van der Waals surface area (Å²) in [7, 11) is 1.29. The lowest BCUT2D eigenvalue weighted by Crippen LogP contribution is -2.05. The third kappa shape index (κ3) is 2.14. The first kappa shape index (κ1) is 12.7. The molecule has 0 spiro atoms. The van der Waals surface area contributed by atoms with Crippen molar-refractivity contribution < 1.29 is 13.9 Å². The Hall–Kier alpha value is -2.33. The highest BCUT2D eigenvalue weighted by Crippen LogP contribution is 2.28. The van der Waals surface area contributed by atoms with Crippen molar-refractivity contribution in [1.82, 2.24) is 4.98 Å². The number of nitrogens with zero attached hydrogens (tertiary/aromatic N) is 1. The smallest absolute Gasteiger partial charge is 0.358 e. The number of fused-ring (bicyclic) bond motifs is 1. The fraction of sp³-hybridized carbons (Fsp3) is 0.0667. The van der Waals surface area contributed by atoms with Crippen LogP contribution in [0, 0.1) is 0 Å². The Bertz CT molecular complexity index is 762. The fourth-order valence-corrected chi connectivity index (χ4v) is 2.11. The molecule has 0 saturated carbocycles. The van der Waals surface area contributed by atoms with E-state index in [1.165, 1.54) is 7.11 Å². The van der Waals surface area contributed by atoms with Gasteiger partial charge in [0.25, 0.3) is 0 Å². The van der Waals surface area contributed by atoms with Gasteiger partial charge in [0.05, 0.1) is 12.1 Å². The number of carbonyl (C=O) groups excluding carboxylic acids is 1. The highest BCUT2D eigenvalue weighted by molar-refractivity contribution is 6.33. The van der Waals surface area contributed by atoms with Crippen LogP contribution in [0.25, 0.3) is 22.4 Å². The molecule has 4 nitrogen and oxygen atoms in total. The van der Waals surface area contributed by atoms with E-state index < -0.39 is 5.97 Å². The second kappa shape index (κ2) is 4.98. The molecule has 0 aliphatic rings. The first-order valence-electron chi connectivity index (χ1n) is 5.93. The number of methoxy groups -OCH3 is 1. The molecule has 2 heterocycles. The van der Waals surface area contributed by atoms with Crippen LogP contribution < -0.4 is 0 Å². The van der Waals surface area contributed by atoms with Crippen molar-refractivity contribution >= 4 is 28.5 Å². The van der Waals surface area contributed by atoms with Crippen LogP contribution in [0.5, 0.6) is 0 Å². The second-order valence-corrected chi connectivity index (χ2v) is 4.57. The van der Waals surface area contributed by atoms with E-state index in [1.807, 2.05) is 30.3 Å². The van der Waals surface area contributed by atoms with E-state index in [0.29, 0.717) is 11.5 Å². The number of pyridine rings is 1. The van der Waals surface area contributed by atoms with Gasteiger partial charge in [0.1, 0.15) is 11.3 Å². The summed E-state index contributed by atoms with van der Waals surface area (Å²) in [5.41, 5.74) is 1.37. The monoisotopic (exact) mass is 287 g/mol. The van der Waals surface area contributed by atoms with E-state index in [1.54, 1.807) is 12.1 Å². The van der Waals surface area contributed by atoms with Gasteiger partial charge >= 0.3 is 5.97 Å². The van der Waals surface area contributed by atoms with Crippen LogP contribution in [0.4, 0.5) is 0 Å². The van der Waals surface area contributed by atoms with Gasteiger partial charge in [-0.1, -0.05) is 29.8 Å². The molecular weight excluding hydrogens is 278 g/mol. The third-order valence-electron chi connectivity index (χ3n) is 2.90. The molecule has 1 aromatic carbocycles. The summed E-state index contributed by atoms with van der Waals surface area (Å²) >= 11 is 5.94. The summed E-state index contributed by atoms with van der Waals surface area (Å²) in [5, 5.41) is 1.22. The second-order valence-electron chi connectivity index (χ2n) is 4.17. The van der Waals surface area contributed by atoms with Gasteiger partial charge in [-0.25, -0.2) is 9.78 Å². The Labute approximate surface area is 119 Å². The number of benzene rings is 1. The van der Waals surface area contributed by atoms with Gasteiger partial charge in [-0.05, 0) is 24.3 Å². The zero-order valence-electron chi connectivity index (χ0n) is 10.6. The molecular formula is C15H10ClNO3. The average Bonchev–Trinajstić information content (AvgIpc) is 2.90. The zero-order valence-corrected chi connectivity index (χ0v) is 11.3. The van der Waals surface area contributed by atoms with Crippen molar-refractivity contribution in [3.05, 3.63) is 53.2 Å². The van der Waals surface area contributed by atoms with Crippen molar-refractivity contribution in [2.75, 3.05) is 7.11 Å². The molecule has 0 atom stereocenters. The van der Waals surface area contributed by atoms with Gasteiger partial charge in [0, 0.05) is 5.39 Å². The first-order chi connectivity index (χ1) is 9.69. The molecule has 0 amide bonds. The van der Waals surface area contributed by atoms with Crippen LogP contribution in [0.3, 0.4) is 0 Å². The van der Waals surface area contributed by atoms with Crippen molar-refractivity contribution in [1.29, 1.82) is 0 Å². The quantitative estimate of drug-likeness (QED) is 0.670. The molecule has 0 aliphatic heterocycles. The van der Waals surface area contributed by atoms with E-state index in [4.69, 9.17) is 16.0 Å². The predicted octanol–water partition coefficient (Wildman–Crippen LogP) is 3.93. The fourth-order valence-electron chi connectivity index (χ4n) is 1.93. The molecule has 0 N–H and O–H groups in total. The normalized spacial score (nSPS) is 10.7. The maximum atomic E-state index is 11.6. The third-order valence-corrected chi connectivity index (χ3v) is 3.21. The number of carbonyl (C=O) groups is 1. The van der Waals surface area contributed by atoms with Crippen molar-refractivity contribution in [3.63, 3.8) is 0 Å². The standard InChI is InChI=1S/C15H10ClNO3/c1-19-15(18)14-10(16)6-7-11(17-14)13-8-9-4-2-3-5-12(9)20-13/h2-8H,1H3. The Morgan fingerprint density at radius 2 is 2.05 bits per heavy atom. The maximum absolute atomic E-state index is 11.6. The largest absolute Gasteiger partial charge is 0.464 e. The zero-order chi connectivity index (χ0) is 14.1. The molecule has 3 aromatic rings. The minimum absolute atomic E-state index is 0.0760. The molecule has 0 aliphatic carbocycles. The molecule has 0 fully saturated rings. The minimum atomic E-state index is -0.576. The van der Waals surface area contributed by atoms with Crippen LogP contribution in [0.1, 0.15) is 10.5 Å². The van der Waals surface area contributed by atoms with Crippen molar-refractivity contribution in [3.8, 4) is 11.5 Å². The van der Waals surface area contributed by atoms with Gasteiger partial charge in [-0.3, -0.25) is 0 Å². The van der Waals surface area contributed by atoms with Crippen LogP contribution in [0.2, 0.25) is 5.02 Å². The van der Waals surface area contributed by atoms with Gasteiger partial charge in [0.2, 0.25) is 0 Å². The van der Waals surface area contributed by atoms with E-state index in [9.17, 15) is 4.79 Å². The SMILES string of the molecule is COC(=O)c1nc(-c2cc3ccccc3o2)ccc1Cl. The summed E-state index contributed by atoms with van der Waals surface area (Å²) in [6.45, 7) is 0. The summed E-state index contributed by atoms with van der Waals surface area (Å²) < 4.78 is 10.4. The summed E-state index contributed by atoms with van der Waals surface area (Å²) in [4.78, 5) is 15.8. The van der Waals surface area contributed by atoms with Crippen LogP contribution in [-0.2, 0) is 4.74 Å². The molecule has 5 heteroatoms. The lowest BCUT2D eigenvalue weighted by molar-refractivity contribution is 0.0594. The van der Waals surface area contributed by atoms with Crippen LogP contribution in [0.15, 0.2) is 46.9 Å². The Kier molecular flexibility index (Phi) is 3.16. The Morgan fingerprint density at radius 1 is 1.25 bits per heavy atom. The number of halogens is 1. The van der Waals surface area contributed by atoms with Crippen LogP contribution >= 0.6 is 11.6 Å². The van der Waals surface area contributed by atoms with Crippen molar-refractivity contribution in [2.45, 2.75) is 0 Å². The Morgan fingerprint density at radius 3 is 2.80 bits per heavy atom. The number of aromatic nitrogens is 1. The van der Waals surface area contributed by atoms with Gasteiger partial charge < -0.3 is 9.15 Å². The molecule has 0 saturated heterocycles. The Balaban J connectivity index is 2.12. The van der Waals surface area contributed by atoms with E-state index in [-0.39, 0.29) is 10.7 Å². The summed E-state index contributed by atoms with van der Waals surface area (Å²) in [6, 6.07) is 12.8. The number of hydrogen-bond acceptors (Lipinski definition) is 4. The summed E-state index contributed by atoms with van der Waals surface area (Å²) in [6.07, 6.45) is 0. The van der Waals surface area contributed by atoms with Gasteiger partial charge in [-0.15, -0.1) is 0 Å².